The minimum absolute atomic E-state index is 0.0504. The predicted molar refractivity (Wildman–Crippen MR) is 143 cm³/mol. The van der Waals surface area contributed by atoms with Crippen molar-refractivity contribution in [2.45, 2.75) is 58.7 Å². The van der Waals surface area contributed by atoms with Crippen LogP contribution in [0.15, 0.2) is 66.7 Å². The second kappa shape index (κ2) is 12.2. The van der Waals surface area contributed by atoms with E-state index in [9.17, 15) is 18.4 Å². The minimum Gasteiger partial charge on any atom is -0.481 e. The monoisotopic (exact) mass is 520 g/mol. The van der Waals surface area contributed by atoms with Crippen molar-refractivity contribution >= 4 is 11.8 Å². The van der Waals surface area contributed by atoms with Crippen LogP contribution >= 0.6 is 0 Å². The predicted octanol–water partition coefficient (Wildman–Crippen LogP) is 5.96. The number of rotatable bonds is 9. The summed E-state index contributed by atoms with van der Waals surface area (Å²) in [6, 6.07) is 17.7. The summed E-state index contributed by atoms with van der Waals surface area (Å²) >= 11 is 0. The van der Waals surface area contributed by atoms with Gasteiger partial charge in [0, 0.05) is 19.5 Å². The summed E-state index contributed by atoms with van der Waals surface area (Å²) in [5.74, 6) is -0.208. The molecule has 0 spiro atoms. The number of amides is 2. The summed E-state index contributed by atoms with van der Waals surface area (Å²) in [4.78, 5) is 28.0. The summed E-state index contributed by atoms with van der Waals surface area (Å²) in [6.45, 7) is 6.65. The van der Waals surface area contributed by atoms with E-state index in [1.165, 1.54) is 24.3 Å². The molecule has 0 fully saturated rings. The topological polar surface area (TPSA) is 58.6 Å². The molecule has 2 amide bonds. The Kier molecular flexibility index (Phi) is 8.77. The van der Waals surface area contributed by atoms with E-state index in [1.54, 1.807) is 24.3 Å². The van der Waals surface area contributed by atoms with Crippen molar-refractivity contribution in [2.75, 3.05) is 6.54 Å². The molecule has 0 radical (unpaired) electrons. The molecule has 3 aromatic rings. The molecule has 0 aromatic heterocycles. The zero-order valence-corrected chi connectivity index (χ0v) is 22.0. The smallest absolute Gasteiger partial charge is 0.261 e. The molecule has 5 nitrogen and oxygen atoms in total. The van der Waals surface area contributed by atoms with E-state index in [1.807, 2.05) is 43.9 Å². The number of fused-ring (bicyclic) bond motifs is 1. The zero-order valence-electron chi connectivity index (χ0n) is 22.0. The molecule has 38 heavy (non-hydrogen) atoms. The Bertz CT molecular complexity index is 1280. The molecule has 0 saturated heterocycles. The summed E-state index contributed by atoms with van der Waals surface area (Å²) in [5.41, 5.74) is 3.48. The van der Waals surface area contributed by atoms with Crippen molar-refractivity contribution in [3.63, 3.8) is 0 Å². The highest BCUT2D eigenvalue weighted by Crippen LogP contribution is 2.38. The lowest BCUT2D eigenvalue weighted by molar-refractivity contribution is -0.134. The third-order valence-electron chi connectivity index (χ3n) is 6.73. The van der Waals surface area contributed by atoms with Gasteiger partial charge >= 0.3 is 0 Å². The SMILES string of the molecule is CCC(Oc1ccc2c(c1)C(c1ccc(F)cc1)N(C(=O)CC(C)C)CC2)C(=O)NCc1cccc(F)c1. The minimum atomic E-state index is -0.742. The van der Waals surface area contributed by atoms with Crippen LogP contribution in [-0.2, 0) is 22.6 Å². The van der Waals surface area contributed by atoms with Gasteiger partial charge in [-0.3, -0.25) is 9.59 Å². The van der Waals surface area contributed by atoms with Gasteiger partial charge in [0.15, 0.2) is 6.10 Å². The molecule has 2 unspecified atom stereocenters. The highest BCUT2D eigenvalue weighted by molar-refractivity contribution is 5.81. The molecule has 0 saturated carbocycles. The van der Waals surface area contributed by atoms with Gasteiger partial charge in [0.1, 0.15) is 17.4 Å². The van der Waals surface area contributed by atoms with Gasteiger partial charge in [-0.25, -0.2) is 8.78 Å². The second-order valence-electron chi connectivity index (χ2n) is 10.1. The molecule has 0 bridgehead atoms. The van der Waals surface area contributed by atoms with E-state index in [4.69, 9.17) is 4.74 Å². The fourth-order valence-corrected chi connectivity index (χ4v) is 4.84. The number of carbonyl (C=O) groups is 2. The van der Waals surface area contributed by atoms with E-state index in [-0.39, 0.29) is 42.0 Å². The first kappa shape index (κ1) is 27.3. The lowest BCUT2D eigenvalue weighted by atomic mass is 9.87. The first-order chi connectivity index (χ1) is 18.2. The highest BCUT2D eigenvalue weighted by Gasteiger charge is 2.33. The number of ether oxygens (including phenoxy) is 1. The van der Waals surface area contributed by atoms with E-state index < -0.39 is 6.10 Å². The number of halogens is 2. The van der Waals surface area contributed by atoms with Gasteiger partial charge in [0.05, 0.1) is 6.04 Å². The number of hydrogen-bond acceptors (Lipinski definition) is 3. The van der Waals surface area contributed by atoms with Crippen molar-refractivity contribution in [3.05, 3.63) is 101 Å². The van der Waals surface area contributed by atoms with Gasteiger partial charge in [-0.1, -0.05) is 51.1 Å². The molecular formula is C31H34F2N2O3. The summed E-state index contributed by atoms with van der Waals surface area (Å²) < 4.78 is 33.3. The molecule has 1 aliphatic heterocycles. The van der Waals surface area contributed by atoms with Crippen molar-refractivity contribution < 1.29 is 23.1 Å². The fourth-order valence-electron chi connectivity index (χ4n) is 4.84. The number of carbonyl (C=O) groups excluding carboxylic acids is 2. The Morgan fingerprint density at radius 2 is 1.79 bits per heavy atom. The largest absolute Gasteiger partial charge is 0.481 e. The number of nitrogens with one attached hydrogen (secondary N) is 1. The first-order valence-corrected chi connectivity index (χ1v) is 13.1. The fraction of sp³-hybridized carbons (Fsp3) is 0.355. The first-order valence-electron chi connectivity index (χ1n) is 13.1. The van der Waals surface area contributed by atoms with Crippen molar-refractivity contribution in [3.8, 4) is 5.75 Å². The number of benzene rings is 3. The quantitative estimate of drug-likeness (QED) is 0.379. The second-order valence-corrected chi connectivity index (χ2v) is 10.1. The van der Waals surface area contributed by atoms with E-state index in [0.717, 1.165) is 16.7 Å². The Labute approximate surface area is 222 Å². The maximum atomic E-state index is 13.7. The van der Waals surface area contributed by atoms with Crippen molar-refractivity contribution in [2.24, 2.45) is 5.92 Å². The molecule has 1 heterocycles. The third-order valence-corrected chi connectivity index (χ3v) is 6.73. The Hall–Kier alpha value is -3.74. The van der Waals surface area contributed by atoms with E-state index >= 15 is 0 Å². The van der Waals surface area contributed by atoms with Crippen molar-refractivity contribution in [1.29, 1.82) is 0 Å². The summed E-state index contributed by atoms with van der Waals surface area (Å²) in [6.07, 6.45) is 0.815. The highest BCUT2D eigenvalue weighted by atomic mass is 19.1. The molecule has 7 heteroatoms. The van der Waals surface area contributed by atoms with Crippen LogP contribution in [-0.4, -0.2) is 29.4 Å². The normalized spacial score (nSPS) is 15.6. The average Bonchev–Trinajstić information content (AvgIpc) is 2.90. The lowest BCUT2D eigenvalue weighted by Gasteiger charge is -2.38. The molecule has 1 N–H and O–H groups in total. The molecule has 1 aliphatic rings. The van der Waals surface area contributed by atoms with Crippen LogP contribution in [0.4, 0.5) is 8.78 Å². The Balaban J connectivity index is 1.58. The van der Waals surface area contributed by atoms with Gasteiger partial charge in [-0.05, 0) is 77.4 Å². The number of nitrogens with zero attached hydrogens (tertiary/aromatic N) is 1. The maximum Gasteiger partial charge on any atom is 0.261 e. The Morgan fingerprint density at radius 3 is 2.47 bits per heavy atom. The van der Waals surface area contributed by atoms with Gasteiger partial charge < -0.3 is 15.0 Å². The van der Waals surface area contributed by atoms with Crippen LogP contribution in [0.3, 0.4) is 0 Å². The molecular weight excluding hydrogens is 486 g/mol. The summed E-state index contributed by atoms with van der Waals surface area (Å²) in [5, 5.41) is 2.82. The summed E-state index contributed by atoms with van der Waals surface area (Å²) in [7, 11) is 0. The van der Waals surface area contributed by atoms with Gasteiger partial charge in [0.25, 0.3) is 5.91 Å². The van der Waals surface area contributed by atoms with Crippen LogP contribution in [0, 0.1) is 17.6 Å². The van der Waals surface area contributed by atoms with Gasteiger partial charge in [0.2, 0.25) is 5.91 Å². The lowest BCUT2D eigenvalue weighted by Crippen LogP contribution is -2.41. The van der Waals surface area contributed by atoms with Crippen LogP contribution < -0.4 is 10.1 Å². The van der Waals surface area contributed by atoms with Gasteiger partial charge in [-0.15, -0.1) is 0 Å². The van der Waals surface area contributed by atoms with Crippen molar-refractivity contribution in [1.82, 2.24) is 10.2 Å². The van der Waals surface area contributed by atoms with Gasteiger partial charge in [-0.2, -0.15) is 0 Å². The molecule has 4 rings (SSSR count). The standard InChI is InChI=1S/C31H34F2N2O3/c1-4-28(31(37)34-19-21-6-5-7-25(33)17-21)38-26-13-10-22-14-15-35(29(36)16-20(2)3)30(27(22)18-26)23-8-11-24(32)12-9-23/h5-13,17-18,20,28,30H,4,14-16,19H2,1-3H3,(H,34,37). The van der Waals surface area contributed by atoms with Crippen LogP contribution in [0.5, 0.6) is 5.75 Å². The Morgan fingerprint density at radius 1 is 1.03 bits per heavy atom. The molecule has 2 atom stereocenters. The van der Waals surface area contributed by atoms with E-state index in [2.05, 4.69) is 5.32 Å². The molecule has 200 valence electrons. The van der Waals surface area contributed by atoms with Crippen LogP contribution in [0.1, 0.15) is 61.9 Å². The maximum absolute atomic E-state index is 13.7. The third kappa shape index (κ3) is 6.57. The zero-order chi connectivity index (χ0) is 27.2. The average molecular weight is 521 g/mol. The van der Waals surface area contributed by atoms with Crippen LogP contribution in [0.2, 0.25) is 0 Å². The molecule has 0 aliphatic carbocycles. The molecule has 3 aromatic carbocycles. The van der Waals surface area contributed by atoms with Crippen LogP contribution in [0.25, 0.3) is 0 Å². The number of hydrogen-bond donors (Lipinski definition) is 1. The van der Waals surface area contributed by atoms with E-state index in [0.29, 0.717) is 37.1 Å².